The maximum atomic E-state index is 13.0. The van der Waals surface area contributed by atoms with Crippen LogP contribution in [-0.2, 0) is 4.79 Å². The fourth-order valence-electron chi connectivity index (χ4n) is 3.71. The lowest BCUT2D eigenvalue weighted by atomic mass is 9.86. The summed E-state index contributed by atoms with van der Waals surface area (Å²) < 4.78 is 10.4. The number of carbonyl (C=O) groups excluding carboxylic acids is 1. The summed E-state index contributed by atoms with van der Waals surface area (Å²) in [5, 5.41) is 20.5. The highest BCUT2D eigenvalue weighted by Gasteiger charge is 2.38. The highest BCUT2D eigenvalue weighted by Crippen LogP contribution is 2.44. The number of aromatic hydroxyl groups is 1. The number of fused-ring (bicyclic) bond motifs is 1. The molecule has 2 aromatic rings. The molecule has 1 amide bonds. The molecule has 7 nitrogen and oxygen atoms in total. The molecule has 1 unspecified atom stereocenters. The minimum atomic E-state index is -0.358. The summed E-state index contributed by atoms with van der Waals surface area (Å²) in [4.78, 5) is 16.8. The van der Waals surface area contributed by atoms with E-state index in [1.165, 1.54) is 24.9 Å². The van der Waals surface area contributed by atoms with Crippen LogP contribution < -0.4 is 14.4 Å². The van der Waals surface area contributed by atoms with Gasteiger partial charge in [0.05, 0.1) is 43.4 Å². The molecule has 0 bridgehead atoms. The molecule has 0 aromatic heterocycles. The first-order valence-electron chi connectivity index (χ1n) is 9.39. The zero-order valence-electron chi connectivity index (χ0n) is 16.7. The van der Waals surface area contributed by atoms with E-state index < -0.39 is 0 Å². The Balaban J connectivity index is 1.64. The quantitative estimate of drug-likeness (QED) is 0.804. The molecule has 1 fully saturated rings. The molecular weight excluding hydrogens is 402 g/mol. The van der Waals surface area contributed by atoms with E-state index in [2.05, 4.69) is 11.0 Å². The highest BCUT2D eigenvalue weighted by atomic mass is 32.2. The van der Waals surface area contributed by atoms with Crippen molar-refractivity contribution in [3.63, 3.8) is 0 Å². The second-order valence-electron chi connectivity index (χ2n) is 6.99. The molecule has 8 heteroatoms. The Labute approximate surface area is 179 Å². The number of phenols is 1. The molecule has 1 saturated heterocycles. The van der Waals surface area contributed by atoms with Gasteiger partial charge in [-0.15, -0.1) is 0 Å². The number of amides is 1. The SMILES string of the molecule is COc1ccc(N2CSC3=C(C#N)C(c4ccc(O)c(OC)c4)CC(=O)N3C2)cc1. The van der Waals surface area contributed by atoms with Gasteiger partial charge in [-0.1, -0.05) is 17.8 Å². The third-order valence-electron chi connectivity index (χ3n) is 5.34. The van der Waals surface area contributed by atoms with Gasteiger partial charge < -0.3 is 19.5 Å². The van der Waals surface area contributed by atoms with Crippen molar-refractivity contribution in [3.05, 3.63) is 58.6 Å². The van der Waals surface area contributed by atoms with E-state index in [0.29, 0.717) is 28.9 Å². The van der Waals surface area contributed by atoms with Crippen LogP contribution in [0.2, 0.25) is 0 Å². The van der Waals surface area contributed by atoms with Gasteiger partial charge in [0.1, 0.15) is 5.75 Å². The molecule has 1 atom stereocenters. The summed E-state index contributed by atoms with van der Waals surface area (Å²) in [6.07, 6.45) is 0.192. The Bertz CT molecular complexity index is 1050. The predicted octanol–water partition coefficient (Wildman–Crippen LogP) is 3.63. The average molecular weight is 423 g/mol. The smallest absolute Gasteiger partial charge is 0.229 e. The predicted molar refractivity (Wildman–Crippen MR) is 114 cm³/mol. The number of benzene rings is 2. The van der Waals surface area contributed by atoms with Gasteiger partial charge in [-0.2, -0.15) is 5.26 Å². The normalized spacial score (nSPS) is 18.7. The summed E-state index contributed by atoms with van der Waals surface area (Å²) in [6.45, 7) is 0.393. The minimum Gasteiger partial charge on any atom is -0.504 e. The number of nitrogens with zero attached hydrogens (tertiary/aromatic N) is 3. The first-order valence-corrected chi connectivity index (χ1v) is 10.4. The third-order valence-corrected chi connectivity index (χ3v) is 6.49. The maximum Gasteiger partial charge on any atom is 0.229 e. The molecule has 2 aliphatic rings. The number of nitriles is 1. The topological polar surface area (TPSA) is 86.0 Å². The second kappa shape index (κ2) is 8.20. The van der Waals surface area contributed by atoms with E-state index in [9.17, 15) is 15.2 Å². The Kier molecular flexibility index (Phi) is 5.46. The zero-order chi connectivity index (χ0) is 21.3. The number of hydrogen-bond acceptors (Lipinski definition) is 7. The monoisotopic (exact) mass is 423 g/mol. The van der Waals surface area contributed by atoms with Crippen LogP contribution in [0.25, 0.3) is 0 Å². The van der Waals surface area contributed by atoms with E-state index in [4.69, 9.17) is 9.47 Å². The number of allylic oxidation sites excluding steroid dienone is 1. The first-order chi connectivity index (χ1) is 14.5. The van der Waals surface area contributed by atoms with E-state index in [1.807, 2.05) is 24.3 Å². The van der Waals surface area contributed by atoms with Gasteiger partial charge in [-0.3, -0.25) is 9.69 Å². The van der Waals surface area contributed by atoms with Gasteiger partial charge in [0.15, 0.2) is 11.5 Å². The van der Waals surface area contributed by atoms with Crippen molar-refractivity contribution in [3.8, 4) is 23.3 Å². The van der Waals surface area contributed by atoms with Crippen LogP contribution in [-0.4, -0.2) is 42.7 Å². The molecule has 154 valence electrons. The Morgan fingerprint density at radius 1 is 1.17 bits per heavy atom. The number of methoxy groups -OCH3 is 2. The van der Waals surface area contributed by atoms with E-state index in [0.717, 1.165) is 17.0 Å². The number of rotatable bonds is 4. The van der Waals surface area contributed by atoms with Gasteiger partial charge >= 0.3 is 0 Å². The van der Waals surface area contributed by atoms with Crippen LogP contribution in [0.3, 0.4) is 0 Å². The van der Waals surface area contributed by atoms with Crippen LogP contribution in [0, 0.1) is 11.3 Å². The summed E-state index contributed by atoms with van der Waals surface area (Å²) in [5.41, 5.74) is 2.33. The molecule has 0 saturated carbocycles. The summed E-state index contributed by atoms with van der Waals surface area (Å²) >= 11 is 1.48. The molecular formula is C22H21N3O4S. The van der Waals surface area contributed by atoms with Crippen molar-refractivity contribution in [2.45, 2.75) is 12.3 Å². The van der Waals surface area contributed by atoms with Crippen molar-refractivity contribution in [2.24, 2.45) is 0 Å². The standard InChI is InChI=1S/C22H21N3O4S/c1-28-16-6-4-15(5-7-16)24-12-25-21(27)10-17(18(11-23)22(25)30-13-24)14-3-8-19(26)20(9-14)29-2/h3-9,17,26H,10,12-13H2,1-2H3. The van der Waals surface area contributed by atoms with Crippen LogP contribution in [0.1, 0.15) is 17.9 Å². The van der Waals surface area contributed by atoms with Gasteiger partial charge in [0, 0.05) is 18.0 Å². The summed E-state index contributed by atoms with van der Waals surface area (Å²) in [5.74, 6) is 1.36. The highest BCUT2D eigenvalue weighted by molar-refractivity contribution is 8.03. The van der Waals surface area contributed by atoms with E-state index >= 15 is 0 Å². The average Bonchev–Trinajstić information content (AvgIpc) is 2.79. The number of thioether (sulfide) groups is 1. The Morgan fingerprint density at radius 3 is 2.60 bits per heavy atom. The molecule has 0 aliphatic carbocycles. The molecule has 0 radical (unpaired) electrons. The van der Waals surface area contributed by atoms with E-state index in [1.54, 1.807) is 24.1 Å². The lowest BCUT2D eigenvalue weighted by molar-refractivity contribution is -0.129. The van der Waals surface area contributed by atoms with Crippen LogP contribution in [0.5, 0.6) is 17.2 Å². The van der Waals surface area contributed by atoms with Crippen molar-refractivity contribution in [2.75, 3.05) is 31.7 Å². The van der Waals surface area contributed by atoms with Crippen molar-refractivity contribution >= 4 is 23.4 Å². The lowest BCUT2D eigenvalue weighted by Gasteiger charge is -2.42. The largest absolute Gasteiger partial charge is 0.504 e. The molecule has 2 aromatic carbocycles. The van der Waals surface area contributed by atoms with Crippen LogP contribution in [0.4, 0.5) is 5.69 Å². The fraction of sp³-hybridized carbons (Fsp3) is 0.273. The second-order valence-corrected chi connectivity index (χ2v) is 7.93. The molecule has 2 aliphatic heterocycles. The van der Waals surface area contributed by atoms with Gasteiger partial charge in [0.25, 0.3) is 0 Å². The van der Waals surface area contributed by atoms with Gasteiger partial charge in [-0.05, 0) is 42.0 Å². The molecule has 1 N–H and O–H groups in total. The van der Waals surface area contributed by atoms with Crippen molar-refractivity contribution in [1.29, 1.82) is 5.26 Å². The van der Waals surface area contributed by atoms with Crippen LogP contribution >= 0.6 is 11.8 Å². The van der Waals surface area contributed by atoms with Gasteiger partial charge in [-0.25, -0.2) is 0 Å². The number of ether oxygens (including phenoxy) is 2. The Hall–Kier alpha value is -3.31. The number of carbonyl (C=O) groups is 1. The van der Waals surface area contributed by atoms with Gasteiger partial charge in [0.2, 0.25) is 5.91 Å². The third kappa shape index (κ3) is 3.53. The van der Waals surface area contributed by atoms with Crippen molar-refractivity contribution < 1.29 is 19.4 Å². The zero-order valence-corrected chi connectivity index (χ0v) is 17.5. The van der Waals surface area contributed by atoms with E-state index in [-0.39, 0.29) is 24.0 Å². The minimum absolute atomic E-state index is 0.0262. The van der Waals surface area contributed by atoms with Crippen molar-refractivity contribution in [1.82, 2.24) is 4.90 Å². The first kappa shape index (κ1) is 20.0. The molecule has 30 heavy (non-hydrogen) atoms. The molecule has 2 heterocycles. The Morgan fingerprint density at radius 2 is 1.93 bits per heavy atom. The number of anilines is 1. The lowest BCUT2D eigenvalue weighted by Crippen LogP contribution is -2.47. The fourth-order valence-corrected chi connectivity index (χ4v) is 4.88. The number of phenolic OH excluding ortho intramolecular Hbond substituents is 1. The molecule has 0 spiro atoms. The number of hydrogen-bond donors (Lipinski definition) is 1. The summed E-state index contributed by atoms with van der Waals surface area (Å²) in [7, 11) is 3.10. The summed E-state index contributed by atoms with van der Waals surface area (Å²) in [6, 6.07) is 15.0. The van der Waals surface area contributed by atoms with Crippen LogP contribution in [0.15, 0.2) is 53.1 Å². The molecule has 4 rings (SSSR count). The maximum absolute atomic E-state index is 13.0.